The van der Waals surface area contributed by atoms with Gasteiger partial charge in [0.1, 0.15) is 17.3 Å². The summed E-state index contributed by atoms with van der Waals surface area (Å²) in [4.78, 5) is 35.6. The van der Waals surface area contributed by atoms with Crippen molar-refractivity contribution in [2.24, 2.45) is 7.05 Å². The van der Waals surface area contributed by atoms with Crippen molar-refractivity contribution in [3.63, 3.8) is 0 Å². The summed E-state index contributed by atoms with van der Waals surface area (Å²) in [5.74, 6) is -0.839. The summed E-state index contributed by atoms with van der Waals surface area (Å²) >= 11 is 0. The number of nitrogens with zero attached hydrogens (tertiary/aromatic N) is 6. The van der Waals surface area contributed by atoms with E-state index in [0.717, 1.165) is 12.1 Å². The second-order valence-electron chi connectivity index (χ2n) is 8.48. The van der Waals surface area contributed by atoms with Crippen molar-refractivity contribution in [2.75, 3.05) is 13.1 Å². The van der Waals surface area contributed by atoms with Gasteiger partial charge >= 0.3 is 18.0 Å². The van der Waals surface area contributed by atoms with Crippen LogP contribution in [0.1, 0.15) is 28.8 Å². The molecule has 4 heterocycles. The van der Waals surface area contributed by atoms with Crippen LogP contribution >= 0.6 is 0 Å². The molecule has 0 aliphatic carbocycles. The highest BCUT2D eigenvalue weighted by Gasteiger charge is 2.32. The average molecular weight is 502 g/mol. The van der Waals surface area contributed by atoms with E-state index in [4.69, 9.17) is 0 Å². The Morgan fingerprint density at radius 3 is 2.61 bits per heavy atom. The number of alkyl halides is 3. The summed E-state index contributed by atoms with van der Waals surface area (Å²) < 4.78 is 46.0. The SMILES string of the molecule is Cn1c(C(=O)O)cnc1CN1CCC(n2c(=O)n(-c3ccc(OC(F)(F)F)cc3)c3cccnc32)C1. The van der Waals surface area contributed by atoms with Gasteiger partial charge in [-0.2, -0.15) is 0 Å². The largest absolute Gasteiger partial charge is 0.573 e. The van der Waals surface area contributed by atoms with Gasteiger partial charge in [0.25, 0.3) is 0 Å². The number of aromatic carboxylic acids is 1. The summed E-state index contributed by atoms with van der Waals surface area (Å²) in [5.41, 5.74) is 1.12. The first-order chi connectivity index (χ1) is 17.1. The van der Waals surface area contributed by atoms with Gasteiger partial charge in [-0.25, -0.2) is 19.6 Å². The minimum Gasteiger partial charge on any atom is -0.477 e. The number of ether oxygens (including phenoxy) is 1. The molecule has 0 saturated carbocycles. The number of imidazole rings is 2. The number of benzene rings is 1. The molecule has 0 bridgehead atoms. The van der Waals surface area contributed by atoms with Crippen LogP contribution in [0.15, 0.2) is 53.6 Å². The molecule has 1 saturated heterocycles. The molecule has 0 amide bonds. The normalized spacial score (nSPS) is 16.6. The summed E-state index contributed by atoms with van der Waals surface area (Å²) in [6.07, 6.45) is -1.25. The van der Waals surface area contributed by atoms with Crippen molar-refractivity contribution in [3.05, 3.63) is 70.8 Å². The van der Waals surface area contributed by atoms with E-state index in [1.807, 2.05) is 0 Å². The lowest BCUT2D eigenvalue weighted by Gasteiger charge is -2.16. The van der Waals surface area contributed by atoms with E-state index in [1.165, 1.54) is 27.5 Å². The highest BCUT2D eigenvalue weighted by Crippen LogP contribution is 2.28. The second kappa shape index (κ2) is 8.82. The third-order valence-corrected chi connectivity index (χ3v) is 6.24. The first kappa shape index (κ1) is 23.6. The van der Waals surface area contributed by atoms with Gasteiger partial charge in [0.2, 0.25) is 0 Å². The molecule has 13 heteroatoms. The third kappa shape index (κ3) is 4.33. The van der Waals surface area contributed by atoms with Gasteiger partial charge in [0, 0.05) is 26.3 Å². The van der Waals surface area contributed by atoms with Crippen molar-refractivity contribution in [1.82, 2.24) is 28.6 Å². The zero-order valence-electron chi connectivity index (χ0n) is 19.0. The molecule has 1 aromatic carbocycles. The van der Waals surface area contributed by atoms with Crippen LogP contribution in [0.2, 0.25) is 0 Å². The summed E-state index contributed by atoms with van der Waals surface area (Å²) in [7, 11) is 1.65. The van der Waals surface area contributed by atoms with E-state index in [-0.39, 0.29) is 23.2 Å². The van der Waals surface area contributed by atoms with Gasteiger partial charge in [0.05, 0.1) is 30.0 Å². The van der Waals surface area contributed by atoms with Gasteiger partial charge < -0.3 is 14.4 Å². The molecule has 1 N–H and O–H groups in total. The molecule has 1 aliphatic heterocycles. The third-order valence-electron chi connectivity index (χ3n) is 6.24. The molecule has 1 fully saturated rings. The van der Waals surface area contributed by atoms with Crippen LogP contribution in [-0.4, -0.2) is 59.1 Å². The number of carboxylic acid groups (broad SMARTS) is 1. The Morgan fingerprint density at radius 1 is 1.19 bits per heavy atom. The number of likely N-dealkylation sites (tertiary alicyclic amines) is 1. The van der Waals surface area contributed by atoms with Crippen LogP contribution < -0.4 is 10.4 Å². The first-order valence-corrected chi connectivity index (χ1v) is 11.0. The predicted octanol–water partition coefficient (Wildman–Crippen LogP) is 2.96. The van der Waals surface area contributed by atoms with E-state index in [1.54, 1.807) is 29.9 Å². The fourth-order valence-electron chi connectivity index (χ4n) is 4.59. The van der Waals surface area contributed by atoms with Crippen LogP contribution in [0.25, 0.3) is 16.9 Å². The number of carboxylic acids is 1. The van der Waals surface area contributed by atoms with E-state index in [2.05, 4.69) is 19.6 Å². The lowest BCUT2D eigenvalue weighted by Crippen LogP contribution is -2.29. The van der Waals surface area contributed by atoms with Crippen LogP contribution in [-0.2, 0) is 13.6 Å². The van der Waals surface area contributed by atoms with E-state index >= 15 is 0 Å². The monoisotopic (exact) mass is 502 g/mol. The maximum Gasteiger partial charge on any atom is 0.573 e. The zero-order valence-corrected chi connectivity index (χ0v) is 19.0. The quantitative estimate of drug-likeness (QED) is 0.432. The molecular weight excluding hydrogens is 481 g/mol. The molecule has 1 atom stereocenters. The molecule has 0 spiro atoms. The van der Waals surface area contributed by atoms with Crippen molar-refractivity contribution in [1.29, 1.82) is 0 Å². The minimum atomic E-state index is -4.81. The van der Waals surface area contributed by atoms with Crippen LogP contribution in [0.3, 0.4) is 0 Å². The average Bonchev–Trinajstić information content (AvgIpc) is 3.49. The Kier molecular flexibility index (Phi) is 5.79. The van der Waals surface area contributed by atoms with Gasteiger partial charge in [-0.1, -0.05) is 0 Å². The molecule has 10 nitrogen and oxygen atoms in total. The number of pyridine rings is 1. The van der Waals surface area contributed by atoms with Crippen molar-refractivity contribution >= 4 is 17.1 Å². The number of rotatable bonds is 6. The molecule has 188 valence electrons. The Balaban J connectivity index is 1.44. The smallest absolute Gasteiger partial charge is 0.477 e. The van der Waals surface area contributed by atoms with Crippen molar-refractivity contribution in [2.45, 2.75) is 25.4 Å². The Labute approximate surface area is 201 Å². The molecule has 1 aliphatic rings. The molecule has 5 rings (SSSR count). The summed E-state index contributed by atoms with van der Waals surface area (Å²) in [6.45, 7) is 1.60. The van der Waals surface area contributed by atoms with Crippen LogP contribution in [0.5, 0.6) is 5.75 Å². The van der Waals surface area contributed by atoms with Gasteiger partial charge in [-0.15, -0.1) is 13.2 Å². The molecule has 4 aromatic rings. The van der Waals surface area contributed by atoms with Crippen LogP contribution in [0, 0.1) is 0 Å². The fraction of sp³-hybridized carbons (Fsp3) is 0.304. The molecule has 0 radical (unpaired) electrons. The summed E-state index contributed by atoms with van der Waals surface area (Å²) in [5, 5.41) is 9.24. The lowest BCUT2D eigenvalue weighted by molar-refractivity contribution is -0.274. The van der Waals surface area contributed by atoms with Crippen molar-refractivity contribution < 1.29 is 27.8 Å². The molecular formula is C23H21F3N6O4. The Hall–Kier alpha value is -4.13. The van der Waals surface area contributed by atoms with E-state index in [9.17, 15) is 27.9 Å². The minimum absolute atomic E-state index is 0.0934. The highest BCUT2D eigenvalue weighted by atomic mass is 19.4. The second-order valence-corrected chi connectivity index (χ2v) is 8.48. The fourth-order valence-corrected chi connectivity index (χ4v) is 4.59. The van der Waals surface area contributed by atoms with E-state index < -0.39 is 12.3 Å². The topological polar surface area (TPSA) is 107 Å². The van der Waals surface area contributed by atoms with Crippen LogP contribution in [0.4, 0.5) is 13.2 Å². The molecule has 1 unspecified atom stereocenters. The number of hydrogen-bond acceptors (Lipinski definition) is 6. The van der Waals surface area contributed by atoms with Crippen molar-refractivity contribution in [3.8, 4) is 11.4 Å². The van der Waals surface area contributed by atoms with Gasteiger partial charge in [-0.3, -0.25) is 14.0 Å². The predicted molar refractivity (Wildman–Crippen MR) is 121 cm³/mol. The van der Waals surface area contributed by atoms with Gasteiger partial charge in [0.15, 0.2) is 5.65 Å². The maximum absolute atomic E-state index is 13.6. The molecule has 36 heavy (non-hydrogen) atoms. The number of halogens is 3. The lowest BCUT2D eigenvalue weighted by atomic mass is 10.2. The van der Waals surface area contributed by atoms with Gasteiger partial charge in [-0.05, 0) is 42.8 Å². The van der Waals surface area contributed by atoms with E-state index in [0.29, 0.717) is 48.7 Å². The molecule has 3 aromatic heterocycles. The number of hydrogen-bond donors (Lipinski definition) is 1. The zero-order chi connectivity index (χ0) is 25.6. The standard InChI is InChI=1S/C23H21F3N6O4/c1-29-18(21(33)34)11-28-19(29)13-30-10-8-15(12-30)32-20-17(3-2-9-27-20)31(22(32)35)14-4-6-16(7-5-14)36-23(24,25)26/h2-7,9,11,15H,8,10,12-13H2,1H3,(H,33,34). The number of fused-ring (bicyclic) bond motifs is 1. The summed E-state index contributed by atoms with van der Waals surface area (Å²) in [6, 6.07) is 8.31. The number of aromatic nitrogens is 5. The highest BCUT2D eigenvalue weighted by molar-refractivity contribution is 5.85. The maximum atomic E-state index is 13.6. The first-order valence-electron chi connectivity index (χ1n) is 11.0. The Morgan fingerprint density at radius 2 is 1.94 bits per heavy atom. The Bertz CT molecular complexity index is 1490. The number of carbonyl (C=O) groups is 1.